The highest BCUT2D eigenvalue weighted by atomic mass is 35.5. The second-order valence-electron chi connectivity index (χ2n) is 8.55. The molecule has 2 aliphatic heterocycles. The number of amides is 1. The largest absolute Gasteiger partial charge is 0.356 e. The SMILES string of the molecule is CC(CCNC(=O)CC1CCN(S(=O)(=O)c2ccc(Cl)s2)CC1)N1CCCCCC1. The van der Waals surface area contributed by atoms with Gasteiger partial charge in [0.1, 0.15) is 4.21 Å². The molecule has 2 saturated heterocycles. The molecule has 3 rings (SSSR count). The van der Waals surface area contributed by atoms with Crippen molar-refractivity contribution in [1.29, 1.82) is 0 Å². The summed E-state index contributed by atoms with van der Waals surface area (Å²) in [5, 5.41) is 3.08. The van der Waals surface area contributed by atoms with E-state index >= 15 is 0 Å². The molecule has 6 nitrogen and oxygen atoms in total. The quantitative estimate of drug-likeness (QED) is 0.617. The summed E-state index contributed by atoms with van der Waals surface area (Å²) < 4.78 is 27.7. The van der Waals surface area contributed by atoms with E-state index in [-0.39, 0.29) is 11.8 Å². The van der Waals surface area contributed by atoms with E-state index in [1.165, 1.54) is 43.1 Å². The van der Waals surface area contributed by atoms with E-state index in [4.69, 9.17) is 11.6 Å². The van der Waals surface area contributed by atoms with Gasteiger partial charge in [-0.15, -0.1) is 11.3 Å². The van der Waals surface area contributed by atoms with Gasteiger partial charge in [-0.3, -0.25) is 4.79 Å². The summed E-state index contributed by atoms with van der Waals surface area (Å²) >= 11 is 6.98. The molecule has 1 amide bonds. The highest BCUT2D eigenvalue weighted by Gasteiger charge is 2.31. The number of carbonyl (C=O) groups is 1. The molecule has 0 bridgehead atoms. The fourth-order valence-corrected chi connectivity index (χ4v) is 7.50. The molecule has 0 saturated carbocycles. The number of thiophene rings is 1. The molecule has 1 unspecified atom stereocenters. The van der Waals surface area contributed by atoms with Crippen LogP contribution in [0.25, 0.3) is 0 Å². The number of hydrogen-bond donors (Lipinski definition) is 1. The van der Waals surface area contributed by atoms with Crippen LogP contribution in [0.2, 0.25) is 4.34 Å². The molecule has 0 radical (unpaired) electrons. The second kappa shape index (κ2) is 11.3. The van der Waals surface area contributed by atoms with Gasteiger partial charge in [-0.2, -0.15) is 4.31 Å². The summed E-state index contributed by atoms with van der Waals surface area (Å²) in [7, 11) is -3.47. The van der Waals surface area contributed by atoms with E-state index in [9.17, 15) is 13.2 Å². The Morgan fingerprint density at radius 1 is 1.17 bits per heavy atom. The molecule has 0 aromatic carbocycles. The molecule has 2 fully saturated rings. The Kier molecular flexibility index (Phi) is 9.01. The lowest BCUT2D eigenvalue weighted by atomic mass is 9.94. The Morgan fingerprint density at radius 2 is 1.83 bits per heavy atom. The van der Waals surface area contributed by atoms with Crippen molar-refractivity contribution >= 4 is 38.9 Å². The Morgan fingerprint density at radius 3 is 2.43 bits per heavy atom. The molecule has 1 aromatic rings. The lowest BCUT2D eigenvalue weighted by Crippen LogP contribution is -2.40. The molecule has 2 aliphatic rings. The van der Waals surface area contributed by atoms with Crippen LogP contribution < -0.4 is 5.32 Å². The summed E-state index contributed by atoms with van der Waals surface area (Å²) in [6.45, 7) is 6.24. The van der Waals surface area contributed by atoms with Crippen LogP contribution in [0.1, 0.15) is 58.3 Å². The first-order valence-electron chi connectivity index (χ1n) is 11.1. The zero-order valence-electron chi connectivity index (χ0n) is 17.8. The first kappa shape index (κ1) is 24.0. The van der Waals surface area contributed by atoms with Crippen LogP contribution in [0, 0.1) is 5.92 Å². The molecule has 1 aromatic heterocycles. The fraction of sp³-hybridized carbons (Fsp3) is 0.762. The second-order valence-corrected chi connectivity index (χ2v) is 12.4. The Bertz CT molecular complexity index is 783. The van der Waals surface area contributed by atoms with Crippen LogP contribution in [-0.2, 0) is 14.8 Å². The van der Waals surface area contributed by atoms with Gasteiger partial charge >= 0.3 is 0 Å². The van der Waals surface area contributed by atoms with E-state index in [1.54, 1.807) is 12.1 Å². The van der Waals surface area contributed by atoms with Crippen LogP contribution in [0.15, 0.2) is 16.3 Å². The van der Waals surface area contributed by atoms with Gasteiger partial charge in [0.2, 0.25) is 5.91 Å². The van der Waals surface area contributed by atoms with Gasteiger partial charge in [-0.05, 0) is 70.2 Å². The zero-order chi connectivity index (χ0) is 21.6. The molecule has 0 aliphatic carbocycles. The highest BCUT2D eigenvalue weighted by Crippen LogP contribution is 2.31. The molecule has 1 atom stereocenters. The van der Waals surface area contributed by atoms with Crippen LogP contribution in [-0.4, -0.2) is 62.3 Å². The summed E-state index contributed by atoms with van der Waals surface area (Å²) in [6, 6.07) is 3.68. The monoisotopic (exact) mass is 475 g/mol. The van der Waals surface area contributed by atoms with Gasteiger partial charge in [-0.25, -0.2) is 8.42 Å². The Balaban J connectivity index is 1.36. The van der Waals surface area contributed by atoms with E-state index < -0.39 is 10.0 Å². The van der Waals surface area contributed by atoms with Gasteiger partial charge in [0.15, 0.2) is 0 Å². The maximum atomic E-state index is 12.7. The van der Waals surface area contributed by atoms with E-state index in [1.807, 2.05) is 0 Å². The van der Waals surface area contributed by atoms with Crippen LogP contribution in [0.3, 0.4) is 0 Å². The van der Waals surface area contributed by atoms with Crippen molar-refractivity contribution in [2.45, 2.75) is 68.5 Å². The molecular formula is C21H34ClN3O3S2. The minimum absolute atomic E-state index is 0.0874. The van der Waals surface area contributed by atoms with Crippen LogP contribution >= 0.6 is 22.9 Å². The van der Waals surface area contributed by atoms with Gasteiger partial charge in [0.25, 0.3) is 10.0 Å². The Labute approximate surface area is 190 Å². The molecule has 9 heteroatoms. The number of nitrogens with zero attached hydrogens (tertiary/aromatic N) is 2. The third kappa shape index (κ3) is 6.66. The van der Waals surface area contributed by atoms with Gasteiger partial charge < -0.3 is 10.2 Å². The predicted molar refractivity (Wildman–Crippen MR) is 123 cm³/mol. The highest BCUT2D eigenvalue weighted by molar-refractivity contribution is 7.91. The minimum atomic E-state index is -3.47. The van der Waals surface area contributed by atoms with E-state index in [0.717, 1.165) is 30.6 Å². The van der Waals surface area contributed by atoms with Gasteiger partial charge in [0, 0.05) is 32.1 Å². The first-order valence-corrected chi connectivity index (χ1v) is 13.8. The molecular weight excluding hydrogens is 442 g/mol. The molecule has 30 heavy (non-hydrogen) atoms. The van der Waals surface area contributed by atoms with Crippen molar-refractivity contribution in [2.24, 2.45) is 5.92 Å². The zero-order valence-corrected chi connectivity index (χ0v) is 20.2. The third-order valence-electron chi connectivity index (χ3n) is 6.34. The fourth-order valence-electron chi connectivity index (χ4n) is 4.39. The number of carbonyl (C=O) groups excluding carboxylic acids is 1. The number of nitrogens with one attached hydrogen (secondary N) is 1. The van der Waals surface area contributed by atoms with Crippen LogP contribution in [0.5, 0.6) is 0 Å². The Hall–Kier alpha value is -0.670. The molecule has 1 N–H and O–H groups in total. The van der Waals surface area contributed by atoms with E-state index in [2.05, 4.69) is 17.1 Å². The number of sulfonamides is 1. The predicted octanol–water partition coefficient (Wildman–Crippen LogP) is 3.96. The van der Waals surface area contributed by atoms with Crippen molar-refractivity contribution < 1.29 is 13.2 Å². The number of halogens is 1. The van der Waals surface area contributed by atoms with Crippen molar-refractivity contribution in [3.63, 3.8) is 0 Å². The lowest BCUT2D eigenvalue weighted by Gasteiger charge is -2.30. The first-order chi connectivity index (χ1) is 14.4. The van der Waals surface area contributed by atoms with Crippen LogP contribution in [0.4, 0.5) is 0 Å². The van der Waals surface area contributed by atoms with Crippen molar-refractivity contribution in [1.82, 2.24) is 14.5 Å². The maximum absolute atomic E-state index is 12.7. The number of hydrogen-bond acceptors (Lipinski definition) is 5. The van der Waals surface area contributed by atoms with Gasteiger partial charge in [-0.1, -0.05) is 24.4 Å². The van der Waals surface area contributed by atoms with Crippen molar-refractivity contribution in [3.8, 4) is 0 Å². The summed E-state index contributed by atoms with van der Waals surface area (Å²) in [5.41, 5.74) is 0. The standard InChI is InChI=1S/C21H34ClN3O3S2/c1-17(24-12-4-2-3-5-13-24)8-11-23-20(26)16-18-9-14-25(15-10-18)30(27,28)21-7-6-19(22)29-21/h6-7,17-18H,2-5,8-16H2,1H3,(H,23,26). The molecule has 170 valence electrons. The van der Waals surface area contributed by atoms with Crippen molar-refractivity contribution in [3.05, 3.63) is 16.5 Å². The third-order valence-corrected chi connectivity index (χ3v) is 9.94. The smallest absolute Gasteiger partial charge is 0.252 e. The summed E-state index contributed by atoms with van der Waals surface area (Å²) in [6.07, 6.45) is 8.13. The molecule has 3 heterocycles. The normalized spacial score (nSPS) is 21.3. The lowest BCUT2D eigenvalue weighted by molar-refractivity contribution is -0.122. The maximum Gasteiger partial charge on any atom is 0.252 e. The number of likely N-dealkylation sites (tertiary alicyclic amines) is 1. The average molecular weight is 476 g/mol. The number of rotatable bonds is 8. The molecule has 0 spiro atoms. The van der Waals surface area contributed by atoms with Gasteiger partial charge in [0.05, 0.1) is 4.34 Å². The number of piperidine rings is 1. The average Bonchev–Trinajstić information content (AvgIpc) is 2.99. The topological polar surface area (TPSA) is 69.7 Å². The summed E-state index contributed by atoms with van der Waals surface area (Å²) in [5.74, 6) is 0.329. The van der Waals surface area contributed by atoms with Crippen molar-refractivity contribution in [2.75, 3.05) is 32.7 Å². The minimum Gasteiger partial charge on any atom is -0.356 e. The van der Waals surface area contributed by atoms with E-state index in [0.29, 0.717) is 40.6 Å². The summed E-state index contributed by atoms with van der Waals surface area (Å²) in [4.78, 5) is 14.9.